The van der Waals surface area contributed by atoms with Gasteiger partial charge in [0.1, 0.15) is 18.5 Å². The Hall–Kier alpha value is -3.11. The Bertz CT molecular complexity index is 1120. The number of anilines is 1. The molecule has 2 heterocycles. The molecule has 0 amide bonds. The summed E-state index contributed by atoms with van der Waals surface area (Å²) in [5, 5.41) is 13.7. The van der Waals surface area contributed by atoms with E-state index in [-0.39, 0.29) is 24.3 Å². The number of aryl methyl sites for hydroxylation is 2. The maximum Gasteiger partial charge on any atom is 0.329 e. The van der Waals surface area contributed by atoms with Gasteiger partial charge in [0.05, 0.1) is 6.54 Å². The topological polar surface area (TPSA) is 123 Å². The third-order valence-electron chi connectivity index (χ3n) is 4.98. The number of rotatable bonds is 11. The molecule has 1 atom stereocenters. The van der Waals surface area contributed by atoms with Gasteiger partial charge in [-0.15, -0.1) is 0 Å². The van der Waals surface area contributed by atoms with Crippen LogP contribution in [0.25, 0.3) is 11.2 Å². The van der Waals surface area contributed by atoms with Gasteiger partial charge in [-0.25, -0.2) is 4.79 Å². The van der Waals surface area contributed by atoms with E-state index in [1.54, 1.807) is 11.7 Å². The molecule has 0 fully saturated rings. The number of aromatic amines is 1. The summed E-state index contributed by atoms with van der Waals surface area (Å²) in [5.74, 6) is 1.05. The number of fused-ring (bicyclic) bond motifs is 1. The maximum absolute atomic E-state index is 12.5. The van der Waals surface area contributed by atoms with Crippen LogP contribution in [0.4, 0.5) is 5.95 Å². The summed E-state index contributed by atoms with van der Waals surface area (Å²) in [4.78, 5) is 31.2. The highest BCUT2D eigenvalue weighted by molar-refractivity contribution is 5.74. The predicted octanol–water partition coefficient (Wildman–Crippen LogP) is 0.874. The van der Waals surface area contributed by atoms with E-state index in [1.807, 2.05) is 24.3 Å². The zero-order chi connectivity index (χ0) is 22.4. The number of nitrogens with one attached hydrogen (secondary N) is 2. The molecule has 1 unspecified atom stereocenters. The van der Waals surface area contributed by atoms with E-state index in [0.29, 0.717) is 24.8 Å². The van der Waals surface area contributed by atoms with Crippen molar-refractivity contribution >= 4 is 17.1 Å². The Morgan fingerprint density at radius 3 is 2.68 bits per heavy atom. The van der Waals surface area contributed by atoms with Crippen molar-refractivity contribution in [1.29, 1.82) is 0 Å². The highest BCUT2D eigenvalue weighted by atomic mass is 16.5. The Labute approximate surface area is 179 Å². The summed E-state index contributed by atoms with van der Waals surface area (Å²) < 4.78 is 13.6. The first-order valence-electron chi connectivity index (χ1n) is 10.3. The molecule has 0 radical (unpaired) electrons. The average Bonchev–Trinajstić information content (AvgIpc) is 3.12. The SMILES string of the molecule is CCc1ccc(OCC(O)Cn2c(NCCCOC)nc3c2c(=O)[nH]c(=O)n3C)cc1. The molecular formula is C21H29N5O5. The first kappa shape index (κ1) is 22.6. The van der Waals surface area contributed by atoms with Gasteiger partial charge in [-0.1, -0.05) is 19.1 Å². The summed E-state index contributed by atoms with van der Waals surface area (Å²) in [7, 11) is 3.16. The lowest BCUT2D eigenvalue weighted by Gasteiger charge is -2.16. The molecule has 10 heteroatoms. The molecule has 0 bridgehead atoms. The smallest absolute Gasteiger partial charge is 0.329 e. The lowest BCUT2D eigenvalue weighted by atomic mass is 10.2. The van der Waals surface area contributed by atoms with Crippen LogP contribution in [0.15, 0.2) is 33.9 Å². The van der Waals surface area contributed by atoms with E-state index in [4.69, 9.17) is 9.47 Å². The van der Waals surface area contributed by atoms with Crippen molar-refractivity contribution in [3.05, 3.63) is 50.7 Å². The molecular weight excluding hydrogens is 402 g/mol. The number of ether oxygens (including phenoxy) is 2. The number of aliphatic hydroxyl groups is 1. The number of methoxy groups -OCH3 is 1. The average molecular weight is 431 g/mol. The van der Waals surface area contributed by atoms with Gasteiger partial charge in [0.25, 0.3) is 5.56 Å². The second-order valence-corrected chi connectivity index (χ2v) is 7.27. The first-order chi connectivity index (χ1) is 14.9. The Morgan fingerprint density at radius 2 is 2.00 bits per heavy atom. The van der Waals surface area contributed by atoms with E-state index in [0.717, 1.165) is 12.8 Å². The summed E-state index contributed by atoms with van der Waals surface area (Å²) >= 11 is 0. The number of hydrogen-bond acceptors (Lipinski definition) is 7. The van der Waals surface area contributed by atoms with Crippen LogP contribution in [0.5, 0.6) is 5.75 Å². The van der Waals surface area contributed by atoms with E-state index in [9.17, 15) is 14.7 Å². The largest absolute Gasteiger partial charge is 0.491 e. The van der Waals surface area contributed by atoms with Crippen molar-refractivity contribution in [2.24, 2.45) is 7.05 Å². The van der Waals surface area contributed by atoms with E-state index >= 15 is 0 Å². The van der Waals surface area contributed by atoms with Crippen LogP contribution in [0.1, 0.15) is 18.9 Å². The monoisotopic (exact) mass is 431 g/mol. The van der Waals surface area contributed by atoms with Gasteiger partial charge < -0.3 is 24.5 Å². The van der Waals surface area contributed by atoms with Crippen molar-refractivity contribution in [3.63, 3.8) is 0 Å². The number of H-pyrrole nitrogens is 1. The van der Waals surface area contributed by atoms with Crippen LogP contribution < -0.4 is 21.3 Å². The fourth-order valence-electron chi connectivity index (χ4n) is 3.24. The first-order valence-corrected chi connectivity index (χ1v) is 10.3. The molecule has 31 heavy (non-hydrogen) atoms. The summed E-state index contributed by atoms with van der Waals surface area (Å²) in [6.45, 7) is 3.31. The molecule has 3 aromatic rings. The number of aromatic nitrogens is 4. The van der Waals surface area contributed by atoms with Crippen molar-refractivity contribution < 1.29 is 14.6 Å². The van der Waals surface area contributed by atoms with Crippen LogP contribution in [-0.2, 0) is 24.8 Å². The zero-order valence-electron chi connectivity index (χ0n) is 18.1. The van der Waals surface area contributed by atoms with Crippen molar-refractivity contribution in [1.82, 2.24) is 19.1 Å². The lowest BCUT2D eigenvalue weighted by Crippen LogP contribution is -2.31. The van der Waals surface area contributed by atoms with E-state index in [1.165, 1.54) is 17.2 Å². The predicted molar refractivity (Wildman–Crippen MR) is 118 cm³/mol. The number of imidazole rings is 1. The van der Waals surface area contributed by atoms with Crippen LogP contribution in [0.2, 0.25) is 0 Å². The lowest BCUT2D eigenvalue weighted by molar-refractivity contribution is 0.0938. The molecule has 0 aliphatic carbocycles. The molecule has 0 aliphatic heterocycles. The zero-order valence-corrected chi connectivity index (χ0v) is 18.1. The maximum atomic E-state index is 12.5. The minimum atomic E-state index is -0.903. The van der Waals surface area contributed by atoms with Crippen LogP contribution in [-0.4, -0.2) is 57.2 Å². The molecule has 1 aromatic carbocycles. The molecule has 0 saturated heterocycles. The van der Waals surface area contributed by atoms with Gasteiger partial charge in [-0.3, -0.25) is 14.3 Å². The van der Waals surface area contributed by atoms with E-state index in [2.05, 4.69) is 22.2 Å². The molecule has 0 spiro atoms. The molecule has 0 aliphatic rings. The normalized spacial score (nSPS) is 12.3. The second kappa shape index (κ2) is 10.3. The Balaban J connectivity index is 1.81. The molecule has 2 aromatic heterocycles. The van der Waals surface area contributed by atoms with Crippen LogP contribution in [0.3, 0.4) is 0 Å². The number of hydrogen-bond donors (Lipinski definition) is 3. The van der Waals surface area contributed by atoms with Crippen molar-refractivity contribution in [2.45, 2.75) is 32.4 Å². The Morgan fingerprint density at radius 1 is 1.26 bits per heavy atom. The van der Waals surface area contributed by atoms with Crippen LogP contribution in [0, 0.1) is 0 Å². The summed E-state index contributed by atoms with van der Waals surface area (Å²) in [6, 6.07) is 7.68. The summed E-state index contributed by atoms with van der Waals surface area (Å²) in [6.07, 6.45) is 0.766. The molecule has 10 nitrogen and oxygen atoms in total. The number of benzene rings is 1. The van der Waals surface area contributed by atoms with Crippen LogP contribution >= 0.6 is 0 Å². The number of nitrogens with zero attached hydrogens (tertiary/aromatic N) is 3. The fraction of sp³-hybridized carbons (Fsp3) is 0.476. The van der Waals surface area contributed by atoms with Gasteiger partial charge in [0, 0.05) is 27.3 Å². The second-order valence-electron chi connectivity index (χ2n) is 7.27. The van der Waals surface area contributed by atoms with Crippen molar-refractivity contribution in [2.75, 3.05) is 32.2 Å². The fourth-order valence-corrected chi connectivity index (χ4v) is 3.24. The summed E-state index contributed by atoms with van der Waals surface area (Å²) in [5.41, 5.74) is 0.548. The van der Waals surface area contributed by atoms with Gasteiger partial charge >= 0.3 is 5.69 Å². The molecule has 0 saturated carbocycles. The van der Waals surface area contributed by atoms with Gasteiger partial charge in [-0.05, 0) is 30.5 Å². The highest BCUT2D eigenvalue weighted by Crippen LogP contribution is 2.17. The third-order valence-corrected chi connectivity index (χ3v) is 4.98. The van der Waals surface area contributed by atoms with Gasteiger partial charge in [-0.2, -0.15) is 4.98 Å². The van der Waals surface area contributed by atoms with Crippen molar-refractivity contribution in [3.8, 4) is 5.75 Å². The van der Waals surface area contributed by atoms with E-state index < -0.39 is 17.4 Å². The standard InChI is InChI=1S/C21H29N5O5/c1-4-14-6-8-16(9-7-14)31-13-15(27)12-26-17-18(25(2)21(29)24-19(17)28)23-20(26)22-10-5-11-30-3/h6-9,15,27H,4-5,10-13H2,1-3H3,(H,22,23)(H,24,28,29). The molecule has 3 rings (SSSR count). The molecule has 168 valence electrons. The van der Waals surface area contributed by atoms with Gasteiger partial charge in [0.15, 0.2) is 11.2 Å². The highest BCUT2D eigenvalue weighted by Gasteiger charge is 2.19. The quantitative estimate of drug-likeness (QED) is 0.385. The molecule has 3 N–H and O–H groups in total. The Kier molecular flexibility index (Phi) is 7.48. The minimum Gasteiger partial charge on any atom is -0.491 e. The van der Waals surface area contributed by atoms with Gasteiger partial charge in [0.2, 0.25) is 5.95 Å². The number of aliphatic hydroxyl groups excluding tert-OH is 1. The minimum absolute atomic E-state index is 0.0396. The third kappa shape index (κ3) is 5.33.